The van der Waals surface area contributed by atoms with Crippen LogP contribution in [0.2, 0.25) is 0 Å². The normalized spacial score (nSPS) is 18.0. The monoisotopic (exact) mass is 510 g/mol. The predicted octanol–water partition coefficient (Wildman–Crippen LogP) is -0.129. The Morgan fingerprint density at radius 1 is 1.14 bits per heavy atom. The van der Waals surface area contributed by atoms with Gasteiger partial charge in [0.25, 0.3) is 0 Å². The fourth-order valence-electron chi connectivity index (χ4n) is 5.81. The Labute approximate surface area is 231 Å². The molecular weight excluding hydrogens is 475 g/mol. The number of nitrogens with zero attached hydrogens (tertiary/aromatic N) is 4. The van der Waals surface area contributed by atoms with Gasteiger partial charge in [0, 0.05) is 38.1 Å². The number of amides is 2. The Morgan fingerprint density at radius 3 is 2.31 bits per heavy atom. The van der Waals surface area contributed by atoms with Gasteiger partial charge >= 0.3 is 45.8 Å². The molecule has 1 saturated heterocycles. The van der Waals surface area contributed by atoms with E-state index in [1.165, 1.54) is 26.6 Å². The van der Waals surface area contributed by atoms with Gasteiger partial charge in [-0.2, -0.15) is 13.5 Å². The number of benzene rings is 1. The van der Waals surface area contributed by atoms with Crippen molar-refractivity contribution in [2.45, 2.75) is 64.3 Å². The molecule has 11 heteroatoms. The van der Waals surface area contributed by atoms with E-state index >= 15 is 0 Å². The third-order valence-corrected chi connectivity index (χ3v) is 8.94. The average Bonchev–Trinajstić information content (AvgIpc) is 3.55. The zero-order valence-electron chi connectivity index (χ0n) is 22.0. The molecule has 0 bridgehead atoms. The summed E-state index contributed by atoms with van der Waals surface area (Å²) < 4.78 is 32.4. The molecule has 0 radical (unpaired) electrons. The molecule has 9 nitrogen and oxygen atoms in total. The number of carbonyl (C=O) groups is 1. The van der Waals surface area contributed by atoms with Crippen LogP contribution in [-0.2, 0) is 42.9 Å². The number of likely N-dealkylation sites (tertiary alicyclic amines) is 1. The summed E-state index contributed by atoms with van der Waals surface area (Å²) in [7, 11) is -2.38. The van der Waals surface area contributed by atoms with Gasteiger partial charge in [0.05, 0.1) is 11.9 Å². The van der Waals surface area contributed by atoms with Crippen molar-refractivity contribution in [2.75, 3.05) is 29.3 Å². The van der Waals surface area contributed by atoms with E-state index in [0.29, 0.717) is 18.5 Å². The molecule has 1 aromatic carbocycles. The first kappa shape index (κ1) is 26.5. The number of urea groups is 1. The quantitative estimate of drug-likeness (QED) is 0.528. The minimum absolute atomic E-state index is 0. The minimum atomic E-state index is -4.13. The summed E-state index contributed by atoms with van der Waals surface area (Å²) in [5.74, 6) is 0. The number of piperidine rings is 1. The maximum absolute atomic E-state index is 13.6. The molecule has 0 saturated carbocycles. The van der Waals surface area contributed by atoms with Crippen LogP contribution in [0.5, 0.6) is 0 Å². The Hall–Kier alpha value is -1.59. The largest absolute Gasteiger partial charge is 1.00 e. The second-order valence-corrected chi connectivity index (χ2v) is 11.2. The van der Waals surface area contributed by atoms with Crippen LogP contribution in [-0.4, -0.2) is 54.8 Å². The van der Waals surface area contributed by atoms with Gasteiger partial charge in [-0.1, -0.05) is 13.0 Å². The molecule has 2 amide bonds. The Kier molecular flexibility index (Phi) is 8.17. The van der Waals surface area contributed by atoms with Gasteiger partial charge in [0.15, 0.2) is 0 Å². The fourth-order valence-corrected chi connectivity index (χ4v) is 7.17. The van der Waals surface area contributed by atoms with Gasteiger partial charge in [0.1, 0.15) is 0 Å². The third-order valence-electron chi connectivity index (χ3n) is 7.47. The molecule has 1 aliphatic heterocycles. The number of hydrogen-bond donors (Lipinski definition) is 2. The van der Waals surface area contributed by atoms with Crippen molar-refractivity contribution < 1.29 is 44.2 Å². The van der Waals surface area contributed by atoms with E-state index in [9.17, 15) is 13.2 Å². The zero-order chi connectivity index (χ0) is 23.9. The number of hydrogen-bond acceptors (Lipinski definition) is 5. The molecule has 2 aromatic rings. The van der Waals surface area contributed by atoms with Crippen molar-refractivity contribution in [3.05, 3.63) is 40.7 Å². The molecule has 2 aliphatic carbocycles. The molecule has 0 spiro atoms. The Balaban J connectivity index is 0.00000180. The number of aryl methyl sites for hydroxylation is 3. The van der Waals surface area contributed by atoms with Crippen LogP contribution in [0.1, 0.15) is 56.3 Å². The summed E-state index contributed by atoms with van der Waals surface area (Å²) in [6.07, 6.45) is 10.6. The number of aromatic nitrogens is 2. The molecule has 5 rings (SSSR count). The molecule has 0 atom stereocenters. The van der Waals surface area contributed by atoms with Crippen LogP contribution in [0.3, 0.4) is 0 Å². The first-order chi connectivity index (χ1) is 16.4. The average molecular weight is 511 g/mol. The number of carbonyl (C=O) groups excluding carboxylic acids is 1. The minimum Gasteiger partial charge on any atom is -1.00 e. The van der Waals surface area contributed by atoms with Gasteiger partial charge in [-0.3, -0.25) is 4.68 Å². The van der Waals surface area contributed by atoms with Crippen molar-refractivity contribution in [1.82, 2.24) is 19.4 Å². The number of anilines is 2. The van der Waals surface area contributed by atoms with E-state index < -0.39 is 16.2 Å². The maximum atomic E-state index is 13.6. The first-order valence-electron chi connectivity index (χ1n) is 12.4. The molecule has 186 valence electrons. The molecule has 2 heterocycles. The van der Waals surface area contributed by atoms with Crippen molar-refractivity contribution in [2.24, 2.45) is 7.05 Å². The van der Waals surface area contributed by atoms with Crippen LogP contribution < -0.4 is 43.9 Å². The molecule has 3 aliphatic rings. The van der Waals surface area contributed by atoms with Crippen LogP contribution in [0, 0.1) is 0 Å². The van der Waals surface area contributed by atoms with Crippen LogP contribution >= 0.6 is 0 Å². The maximum Gasteiger partial charge on any atom is 1.00 e. The van der Waals surface area contributed by atoms with Crippen molar-refractivity contribution >= 4 is 27.6 Å². The molecule has 0 unspecified atom stereocenters. The van der Waals surface area contributed by atoms with E-state index in [-0.39, 0.29) is 37.0 Å². The van der Waals surface area contributed by atoms with E-state index in [1.54, 1.807) is 24.1 Å². The summed E-state index contributed by atoms with van der Waals surface area (Å²) in [6.45, 7) is 4.70. The van der Waals surface area contributed by atoms with Gasteiger partial charge in [-0.15, -0.1) is 0 Å². The first-order valence-corrected chi connectivity index (χ1v) is 13.8. The predicted molar refractivity (Wildman–Crippen MR) is 134 cm³/mol. The van der Waals surface area contributed by atoms with Gasteiger partial charge < -0.3 is 11.6 Å². The van der Waals surface area contributed by atoms with Crippen molar-refractivity contribution in [3.63, 3.8) is 0 Å². The summed E-state index contributed by atoms with van der Waals surface area (Å²) in [4.78, 5) is 15.4. The SMILES string of the molecule is CCN1CCC(N(c2cnn(C)c2)S(=O)(=O)NC(=O)Nc2c3c(cc4c2CCC4)CCC3)CC1.[H-].[Na+]. The molecule has 1 aromatic heterocycles. The van der Waals surface area contributed by atoms with E-state index in [2.05, 4.69) is 33.0 Å². The van der Waals surface area contributed by atoms with Gasteiger partial charge in [0.2, 0.25) is 0 Å². The van der Waals surface area contributed by atoms with E-state index in [4.69, 9.17) is 0 Å². The number of rotatable bonds is 6. The standard InChI is InChI=1S/C24H34N6O3S.Na.H/c1-3-29-12-10-19(11-13-29)30(20-15-25-28(2)16-20)34(32,33)27-24(31)26-23-21-8-4-6-17(21)14-18-7-5-9-22(18)23;;/h14-16,19H,3-13H2,1-2H3,(H2,26,27,31);;/q;+1;-1. The molecule has 35 heavy (non-hydrogen) atoms. The molecule has 1 fully saturated rings. The van der Waals surface area contributed by atoms with E-state index in [0.717, 1.165) is 63.8 Å². The number of nitrogens with one attached hydrogen (secondary N) is 2. The third kappa shape index (κ3) is 5.41. The summed E-state index contributed by atoms with van der Waals surface area (Å²) >= 11 is 0. The summed E-state index contributed by atoms with van der Waals surface area (Å²) in [5.41, 5.74) is 6.23. The van der Waals surface area contributed by atoms with Crippen LogP contribution in [0.15, 0.2) is 18.5 Å². The molecular formula is C24H35N6NaO3S. The Morgan fingerprint density at radius 2 is 1.77 bits per heavy atom. The topological polar surface area (TPSA) is 99.6 Å². The van der Waals surface area contributed by atoms with Gasteiger partial charge in [-0.25, -0.2) is 13.8 Å². The van der Waals surface area contributed by atoms with Crippen molar-refractivity contribution in [1.29, 1.82) is 0 Å². The molecule has 2 N–H and O–H groups in total. The Bertz CT molecular complexity index is 1160. The van der Waals surface area contributed by atoms with Gasteiger partial charge in [-0.05, 0) is 80.2 Å². The second kappa shape index (κ2) is 10.8. The summed E-state index contributed by atoms with van der Waals surface area (Å²) in [6, 6.07) is 1.36. The van der Waals surface area contributed by atoms with E-state index in [1.807, 2.05) is 0 Å². The van der Waals surface area contributed by atoms with Crippen LogP contribution in [0.25, 0.3) is 0 Å². The second-order valence-electron chi connectivity index (χ2n) is 9.63. The smallest absolute Gasteiger partial charge is 1.00 e. The zero-order valence-corrected chi connectivity index (χ0v) is 23.8. The van der Waals surface area contributed by atoms with Crippen molar-refractivity contribution in [3.8, 4) is 0 Å². The van der Waals surface area contributed by atoms with Crippen LogP contribution in [0.4, 0.5) is 16.2 Å². The number of fused-ring (bicyclic) bond motifs is 2. The fraction of sp³-hybridized carbons (Fsp3) is 0.583. The summed E-state index contributed by atoms with van der Waals surface area (Å²) in [5, 5.41) is 7.12.